The van der Waals surface area contributed by atoms with E-state index in [1.807, 2.05) is 41.5 Å². The standard InChI is InChI=1S/C36H63N5O8S/c1-10-11-15-24(36(46,47)30(44)37-22-16-17-22)38-28(42)26-25-23(34(25,8)9)20-41(26)29(43)27(32(2,3)4)39-31(45)40-35(18-13-12-14-19-35)21-50(48,49)33(5,6)7/h22-27,46-47H,10-21H2,1-9H3,(H,37,44)(H,38,42)(H2,39,40,45)/t23-,24-,25-,26-,27+/m0/s1. The van der Waals surface area contributed by atoms with Crippen molar-refractivity contribution in [2.45, 2.75) is 167 Å². The Morgan fingerprint density at radius 3 is 2.06 bits per heavy atom. The molecule has 0 aromatic rings. The summed E-state index contributed by atoms with van der Waals surface area (Å²) in [6.45, 7) is 16.7. The number of urea groups is 1. The number of piperidine rings is 1. The number of hydrogen-bond donors (Lipinski definition) is 6. The Balaban J connectivity index is 1.56. The van der Waals surface area contributed by atoms with Crippen molar-refractivity contribution in [1.82, 2.24) is 26.2 Å². The van der Waals surface area contributed by atoms with Crippen LogP contribution in [0.4, 0.5) is 4.79 Å². The summed E-state index contributed by atoms with van der Waals surface area (Å²) in [5.74, 6) is -5.21. The van der Waals surface area contributed by atoms with Crippen LogP contribution in [-0.4, -0.2) is 99.8 Å². The fourth-order valence-corrected chi connectivity index (χ4v) is 9.39. The highest BCUT2D eigenvalue weighted by Gasteiger charge is 2.70. The van der Waals surface area contributed by atoms with Crippen molar-refractivity contribution >= 4 is 33.6 Å². The highest BCUT2D eigenvalue weighted by molar-refractivity contribution is 7.92. The minimum absolute atomic E-state index is 0.0185. The molecule has 4 fully saturated rings. The van der Waals surface area contributed by atoms with E-state index < -0.39 is 73.2 Å². The Morgan fingerprint density at radius 1 is 0.940 bits per heavy atom. The lowest BCUT2D eigenvalue weighted by molar-refractivity contribution is -0.198. The fourth-order valence-electron chi connectivity index (χ4n) is 7.87. The summed E-state index contributed by atoms with van der Waals surface area (Å²) < 4.78 is 25.6. The van der Waals surface area contributed by atoms with E-state index >= 15 is 0 Å². The highest BCUT2D eigenvalue weighted by Crippen LogP contribution is 2.65. The number of rotatable bonds is 13. The summed E-state index contributed by atoms with van der Waals surface area (Å²) in [6, 6.07) is -4.07. The number of nitrogens with zero attached hydrogens (tertiary/aromatic N) is 1. The highest BCUT2D eigenvalue weighted by atomic mass is 32.2. The molecule has 0 radical (unpaired) electrons. The molecule has 13 nitrogen and oxygen atoms in total. The number of likely N-dealkylation sites (tertiary alicyclic amines) is 1. The maximum atomic E-state index is 14.5. The molecule has 4 rings (SSSR count). The van der Waals surface area contributed by atoms with Gasteiger partial charge in [0.05, 0.1) is 22.1 Å². The topological polar surface area (TPSA) is 194 Å². The van der Waals surface area contributed by atoms with Crippen LogP contribution in [-0.2, 0) is 24.2 Å². The number of sulfone groups is 1. The van der Waals surface area contributed by atoms with E-state index in [-0.39, 0.29) is 42.0 Å². The van der Waals surface area contributed by atoms with Gasteiger partial charge in [-0.25, -0.2) is 13.2 Å². The molecule has 0 unspecified atom stereocenters. The third kappa shape index (κ3) is 8.60. The molecule has 5 amide bonds. The van der Waals surface area contributed by atoms with Crippen LogP contribution >= 0.6 is 0 Å². The van der Waals surface area contributed by atoms with Gasteiger partial charge in [0.15, 0.2) is 9.84 Å². The Morgan fingerprint density at radius 2 is 1.54 bits per heavy atom. The molecule has 3 aliphatic carbocycles. The van der Waals surface area contributed by atoms with Crippen LogP contribution in [0.15, 0.2) is 0 Å². The summed E-state index contributed by atoms with van der Waals surface area (Å²) in [6.07, 6.45) is 6.37. The van der Waals surface area contributed by atoms with Crippen molar-refractivity contribution < 1.29 is 37.8 Å². The lowest BCUT2D eigenvalue weighted by Crippen LogP contribution is -2.65. The zero-order valence-electron chi connectivity index (χ0n) is 31.6. The Kier molecular flexibility index (Phi) is 11.4. The second-order valence-corrected chi connectivity index (χ2v) is 20.9. The van der Waals surface area contributed by atoms with Gasteiger partial charge < -0.3 is 36.4 Å². The maximum Gasteiger partial charge on any atom is 0.315 e. The summed E-state index contributed by atoms with van der Waals surface area (Å²) in [5.41, 5.74) is -2.00. The first-order chi connectivity index (χ1) is 22.9. The smallest absolute Gasteiger partial charge is 0.315 e. The molecule has 14 heteroatoms. The van der Waals surface area contributed by atoms with E-state index in [0.717, 1.165) is 32.1 Å². The van der Waals surface area contributed by atoms with E-state index in [4.69, 9.17) is 0 Å². The van der Waals surface area contributed by atoms with E-state index in [9.17, 15) is 37.8 Å². The molecule has 286 valence electrons. The molecule has 50 heavy (non-hydrogen) atoms. The first-order valence-electron chi connectivity index (χ1n) is 18.6. The molecule has 0 aromatic heterocycles. The lowest BCUT2D eigenvalue weighted by atomic mass is 9.83. The zero-order valence-corrected chi connectivity index (χ0v) is 32.5. The number of hydrogen-bond acceptors (Lipinski definition) is 8. The Bertz CT molecular complexity index is 1410. The first-order valence-corrected chi connectivity index (χ1v) is 20.2. The number of amides is 5. The van der Waals surface area contributed by atoms with Crippen LogP contribution in [0.25, 0.3) is 0 Å². The average molecular weight is 726 g/mol. The molecule has 6 N–H and O–H groups in total. The van der Waals surface area contributed by atoms with Gasteiger partial charge in [-0.15, -0.1) is 0 Å². The zero-order chi connectivity index (χ0) is 37.7. The van der Waals surface area contributed by atoms with Crippen molar-refractivity contribution in [3.05, 3.63) is 0 Å². The van der Waals surface area contributed by atoms with Gasteiger partial charge in [-0.2, -0.15) is 0 Å². The quantitative estimate of drug-likeness (QED) is 0.156. The van der Waals surface area contributed by atoms with Crippen LogP contribution in [0.2, 0.25) is 0 Å². The number of fused-ring (bicyclic) bond motifs is 1. The van der Waals surface area contributed by atoms with Crippen LogP contribution in [0, 0.1) is 22.7 Å². The van der Waals surface area contributed by atoms with Gasteiger partial charge in [0.25, 0.3) is 11.7 Å². The normalized spacial score (nSPS) is 25.9. The summed E-state index contributed by atoms with van der Waals surface area (Å²) in [4.78, 5) is 56.8. The fraction of sp³-hybridized carbons (Fsp3) is 0.889. The minimum Gasteiger partial charge on any atom is -0.357 e. The van der Waals surface area contributed by atoms with Gasteiger partial charge in [0, 0.05) is 12.6 Å². The van der Waals surface area contributed by atoms with Crippen molar-refractivity contribution in [2.75, 3.05) is 12.3 Å². The minimum atomic E-state index is -3.57. The summed E-state index contributed by atoms with van der Waals surface area (Å²) >= 11 is 0. The molecular formula is C36H63N5O8S. The number of unbranched alkanes of at least 4 members (excludes halogenated alkanes) is 1. The molecule has 4 aliphatic rings. The molecule has 0 aromatic carbocycles. The van der Waals surface area contributed by atoms with Crippen molar-refractivity contribution in [2.24, 2.45) is 22.7 Å². The number of nitrogens with one attached hydrogen (secondary N) is 4. The molecule has 5 atom stereocenters. The third-order valence-electron chi connectivity index (χ3n) is 11.6. The van der Waals surface area contributed by atoms with Gasteiger partial charge in [0.2, 0.25) is 11.8 Å². The second kappa shape index (κ2) is 14.2. The van der Waals surface area contributed by atoms with E-state index in [0.29, 0.717) is 25.7 Å². The van der Waals surface area contributed by atoms with Gasteiger partial charge in [-0.3, -0.25) is 14.4 Å². The van der Waals surface area contributed by atoms with E-state index in [1.54, 1.807) is 20.8 Å². The Hall–Kier alpha value is -2.45. The van der Waals surface area contributed by atoms with Crippen LogP contribution in [0.3, 0.4) is 0 Å². The molecule has 3 saturated carbocycles. The largest absolute Gasteiger partial charge is 0.357 e. The summed E-state index contributed by atoms with van der Waals surface area (Å²) in [7, 11) is -3.57. The van der Waals surface area contributed by atoms with Gasteiger partial charge in [-0.05, 0) is 75.5 Å². The monoisotopic (exact) mass is 725 g/mol. The number of aliphatic hydroxyl groups is 2. The second-order valence-electron chi connectivity index (χ2n) is 18.2. The maximum absolute atomic E-state index is 14.5. The molecule has 1 saturated heterocycles. The first kappa shape index (κ1) is 40.3. The SMILES string of the molecule is CCCC[C@H](NC(=O)[C@@H]1[C@@H]2[C@H](CN1C(=O)[C@@H](NC(=O)NC1(CS(=O)(=O)C(C)(C)C)CCCCC1)C(C)(C)C)C2(C)C)C(O)(O)C(=O)NC1CC1. The Labute approximate surface area is 298 Å². The third-order valence-corrected chi connectivity index (χ3v) is 14.4. The molecular weight excluding hydrogens is 662 g/mol. The average Bonchev–Trinajstić information content (AvgIpc) is 3.83. The summed E-state index contributed by atoms with van der Waals surface area (Å²) in [5, 5.41) is 33.3. The molecule has 1 aliphatic heterocycles. The van der Waals surface area contributed by atoms with Crippen LogP contribution < -0.4 is 21.3 Å². The van der Waals surface area contributed by atoms with Crippen molar-refractivity contribution in [3.63, 3.8) is 0 Å². The molecule has 1 heterocycles. The van der Waals surface area contributed by atoms with Crippen molar-refractivity contribution in [1.29, 1.82) is 0 Å². The predicted octanol–water partition coefficient (Wildman–Crippen LogP) is 2.73. The molecule has 0 spiro atoms. The molecule has 0 bridgehead atoms. The van der Waals surface area contributed by atoms with Crippen LogP contribution in [0.1, 0.15) is 127 Å². The van der Waals surface area contributed by atoms with Gasteiger partial charge >= 0.3 is 6.03 Å². The van der Waals surface area contributed by atoms with Gasteiger partial charge in [0.1, 0.15) is 12.1 Å². The van der Waals surface area contributed by atoms with Crippen molar-refractivity contribution in [3.8, 4) is 0 Å². The lowest BCUT2D eigenvalue weighted by Gasteiger charge is -2.41. The number of carbonyl (C=O) groups is 4. The van der Waals surface area contributed by atoms with Gasteiger partial charge in [-0.1, -0.05) is 73.6 Å². The van der Waals surface area contributed by atoms with E-state index in [2.05, 4.69) is 21.3 Å². The van der Waals surface area contributed by atoms with E-state index in [1.165, 1.54) is 4.90 Å². The predicted molar refractivity (Wildman–Crippen MR) is 190 cm³/mol. The van der Waals surface area contributed by atoms with Crippen LogP contribution in [0.5, 0.6) is 0 Å². The number of carbonyl (C=O) groups excluding carboxylic acids is 4.